The van der Waals surface area contributed by atoms with Gasteiger partial charge in [-0.25, -0.2) is 9.59 Å². The normalized spacial score (nSPS) is 12.4. The second-order valence-corrected chi connectivity index (χ2v) is 10.8. The fourth-order valence-corrected chi connectivity index (χ4v) is 4.78. The predicted molar refractivity (Wildman–Crippen MR) is 179 cm³/mol. The van der Waals surface area contributed by atoms with Crippen molar-refractivity contribution in [3.63, 3.8) is 0 Å². The van der Waals surface area contributed by atoms with E-state index in [0.29, 0.717) is 12.1 Å². The Morgan fingerprint density at radius 2 is 1.43 bits per heavy atom. The number of hydrogen-bond donors (Lipinski definition) is 3. The van der Waals surface area contributed by atoms with Crippen LogP contribution in [0.3, 0.4) is 0 Å². The van der Waals surface area contributed by atoms with Gasteiger partial charge in [0, 0.05) is 19.5 Å². The van der Waals surface area contributed by atoms with E-state index in [9.17, 15) is 24.3 Å². The van der Waals surface area contributed by atoms with E-state index in [1.54, 1.807) is 30.3 Å². The van der Waals surface area contributed by atoms with Crippen LogP contribution in [0.1, 0.15) is 42.1 Å². The average molecular weight is 642 g/mol. The van der Waals surface area contributed by atoms with E-state index in [1.807, 2.05) is 66.7 Å². The van der Waals surface area contributed by atoms with Gasteiger partial charge in [-0.3, -0.25) is 9.59 Å². The molecule has 0 aliphatic rings. The number of rotatable bonds is 19. The number of hydrogen-bond acceptors (Lipinski definition) is 7. The molecule has 0 aromatic heterocycles. The Kier molecular flexibility index (Phi) is 15.4. The molecule has 3 rings (SSSR count). The lowest BCUT2D eigenvalue weighted by atomic mass is 9.98. The molecular weight excluding hydrogens is 598 g/mol. The minimum absolute atomic E-state index is 0.0274. The Bertz CT molecular complexity index is 1430. The molecule has 10 nitrogen and oxygen atoms in total. The first kappa shape index (κ1) is 36.3. The second-order valence-electron chi connectivity index (χ2n) is 10.8. The van der Waals surface area contributed by atoms with E-state index >= 15 is 0 Å². The lowest BCUT2D eigenvalue weighted by Gasteiger charge is -2.25. The molecule has 0 spiro atoms. The molecule has 0 aliphatic heterocycles. The van der Waals surface area contributed by atoms with Crippen molar-refractivity contribution >= 4 is 23.9 Å². The molecule has 3 amide bonds. The molecule has 3 aromatic rings. The number of alkyl carbamates (subject to hydrolysis) is 1. The van der Waals surface area contributed by atoms with E-state index in [2.05, 4.69) is 23.8 Å². The summed E-state index contributed by atoms with van der Waals surface area (Å²) >= 11 is 0. The molecule has 10 heteroatoms. The van der Waals surface area contributed by atoms with Gasteiger partial charge in [-0.15, -0.1) is 13.2 Å². The van der Waals surface area contributed by atoms with E-state index in [-0.39, 0.29) is 51.5 Å². The molecule has 248 valence electrons. The summed E-state index contributed by atoms with van der Waals surface area (Å²) < 4.78 is 11.1. The number of allylic oxidation sites excluding steroid dienone is 1. The van der Waals surface area contributed by atoms with Crippen molar-refractivity contribution in [2.45, 2.75) is 44.6 Å². The van der Waals surface area contributed by atoms with E-state index in [1.165, 1.54) is 11.0 Å². The third-order valence-electron chi connectivity index (χ3n) is 7.27. The Morgan fingerprint density at radius 1 is 0.830 bits per heavy atom. The van der Waals surface area contributed by atoms with Crippen LogP contribution in [0.15, 0.2) is 116 Å². The number of amides is 3. The average Bonchev–Trinajstić information content (AvgIpc) is 3.09. The van der Waals surface area contributed by atoms with Crippen molar-refractivity contribution in [1.82, 2.24) is 15.5 Å². The lowest BCUT2D eigenvalue weighted by molar-refractivity contribution is -0.152. The van der Waals surface area contributed by atoms with Gasteiger partial charge in [-0.1, -0.05) is 103 Å². The van der Waals surface area contributed by atoms with E-state index in [0.717, 1.165) is 11.1 Å². The van der Waals surface area contributed by atoms with Crippen molar-refractivity contribution < 1.29 is 33.8 Å². The quantitative estimate of drug-likeness (QED) is 0.126. The zero-order chi connectivity index (χ0) is 33.9. The van der Waals surface area contributed by atoms with Gasteiger partial charge in [-0.05, 0) is 29.5 Å². The van der Waals surface area contributed by atoms with Crippen LogP contribution < -0.4 is 10.6 Å². The zero-order valence-electron chi connectivity index (χ0n) is 26.5. The number of esters is 1. The first-order chi connectivity index (χ1) is 22.8. The summed E-state index contributed by atoms with van der Waals surface area (Å²) in [5.41, 5.74) is 2.32. The predicted octanol–water partition coefficient (Wildman–Crippen LogP) is 4.86. The molecule has 3 atom stereocenters. The molecule has 0 radical (unpaired) electrons. The summed E-state index contributed by atoms with van der Waals surface area (Å²) in [6.07, 6.45) is 1.59. The van der Waals surface area contributed by atoms with Crippen LogP contribution in [0.2, 0.25) is 0 Å². The Labute approximate surface area is 276 Å². The van der Waals surface area contributed by atoms with Gasteiger partial charge < -0.3 is 30.1 Å². The maximum atomic E-state index is 13.4. The number of nitrogens with one attached hydrogen (secondary N) is 2. The molecule has 0 unspecified atom stereocenters. The van der Waals surface area contributed by atoms with Crippen LogP contribution in [-0.4, -0.2) is 59.6 Å². The van der Waals surface area contributed by atoms with Gasteiger partial charge in [0.2, 0.25) is 11.8 Å². The maximum Gasteiger partial charge on any atom is 0.408 e. The molecule has 0 aliphatic carbocycles. The van der Waals surface area contributed by atoms with Gasteiger partial charge in [-0.2, -0.15) is 0 Å². The topological polar surface area (TPSA) is 134 Å². The summed E-state index contributed by atoms with van der Waals surface area (Å²) in [5, 5.41) is 14.9. The molecule has 47 heavy (non-hydrogen) atoms. The van der Waals surface area contributed by atoms with E-state index < -0.39 is 36.0 Å². The standard InChI is InChI=1S/C37H43N3O7/c1-3-14-31(24-34(42)40(22-23-41)26-28-16-8-5-9-17-28)35(43)38-25-33(30-20-12-7-13-21-30)47-36(44)32(15-4-2)39-37(45)46-27-29-18-10-6-11-19-29/h3-13,16-21,31-33,41H,1-2,14-15,22-27H2,(H,38,43)(H,39,45)/t31-,32-,33+/m1/s1. The van der Waals surface area contributed by atoms with Gasteiger partial charge in [0.25, 0.3) is 0 Å². The summed E-state index contributed by atoms with van der Waals surface area (Å²) in [6.45, 7) is 7.58. The van der Waals surface area contributed by atoms with Gasteiger partial charge in [0.1, 0.15) is 18.8 Å². The first-order valence-electron chi connectivity index (χ1n) is 15.5. The monoisotopic (exact) mass is 641 g/mol. The third-order valence-corrected chi connectivity index (χ3v) is 7.27. The van der Waals surface area contributed by atoms with Gasteiger partial charge >= 0.3 is 12.1 Å². The third kappa shape index (κ3) is 12.6. The smallest absolute Gasteiger partial charge is 0.408 e. The van der Waals surface area contributed by atoms with Gasteiger partial charge in [0.05, 0.1) is 19.1 Å². The molecule has 0 heterocycles. The van der Waals surface area contributed by atoms with Crippen molar-refractivity contribution in [1.29, 1.82) is 0 Å². The molecule has 0 fully saturated rings. The lowest BCUT2D eigenvalue weighted by Crippen LogP contribution is -2.43. The van der Waals surface area contributed by atoms with Crippen LogP contribution >= 0.6 is 0 Å². The number of aliphatic hydroxyl groups is 1. The Balaban J connectivity index is 1.66. The summed E-state index contributed by atoms with van der Waals surface area (Å²) in [4.78, 5) is 54.0. The van der Waals surface area contributed by atoms with Crippen LogP contribution in [0, 0.1) is 5.92 Å². The number of carbonyl (C=O) groups excluding carboxylic acids is 4. The fraction of sp³-hybridized carbons (Fsp3) is 0.297. The molecule has 3 aromatic carbocycles. The van der Waals surface area contributed by atoms with Crippen LogP contribution in [-0.2, 0) is 37.0 Å². The zero-order valence-corrected chi connectivity index (χ0v) is 26.5. The maximum absolute atomic E-state index is 13.4. The largest absolute Gasteiger partial charge is 0.454 e. The summed E-state index contributed by atoms with van der Waals surface area (Å²) in [6, 6.07) is 26.3. The molecule has 0 bridgehead atoms. The molecule has 3 N–H and O–H groups in total. The summed E-state index contributed by atoms with van der Waals surface area (Å²) in [7, 11) is 0. The summed E-state index contributed by atoms with van der Waals surface area (Å²) in [5.74, 6) is -2.17. The first-order valence-corrected chi connectivity index (χ1v) is 15.5. The highest BCUT2D eigenvalue weighted by atomic mass is 16.6. The highest BCUT2D eigenvalue weighted by molar-refractivity contribution is 5.86. The van der Waals surface area contributed by atoms with Crippen molar-refractivity contribution in [3.05, 3.63) is 133 Å². The number of carbonyl (C=O) groups is 4. The van der Waals surface area contributed by atoms with Crippen molar-refractivity contribution in [2.75, 3.05) is 19.7 Å². The molecule has 0 saturated heterocycles. The van der Waals surface area contributed by atoms with Crippen LogP contribution in [0.5, 0.6) is 0 Å². The minimum Gasteiger partial charge on any atom is -0.454 e. The fourth-order valence-electron chi connectivity index (χ4n) is 4.78. The van der Waals surface area contributed by atoms with Crippen LogP contribution in [0.4, 0.5) is 4.79 Å². The second kappa shape index (κ2) is 20.0. The highest BCUT2D eigenvalue weighted by Gasteiger charge is 2.28. The van der Waals surface area contributed by atoms with E-state index in [4.69, 9.17) is 9.47 Å². The number of nitrogens with zero attached hydrogens (tertiary/aromatic N) is 1. The minimum atomic E-state index is -1.08. The van der Waals surface area contributed by atoms with Crippen LogP contribution in [0.25, 0.3) is 0 Å². The Morgan fingerprint density at radius 3 is 2.02 bits per heavy atom. The molecular formula is C37H43N3O7. The number of aliphatic hydroxyl groups excluding tert-OH is 1. The van der Waals surface area contributed by atoms with Gasteiger partial charge in [0.15, 0.2) is 0 Å². The van der Waals surface area contributed by atoms with Crippen molar-refractivity contribution in [3.8, 4) is 0 Å². The Hall–Kier alpha value is -5.22. The molecule has 0 saturated carbocycles. The highest BCUT2D eigenvalue weighted by Crippen LogP contribution is 2.20. The SMILES string of the molecule is C=CC[C@H](CC(=O)N(CCO)Cc1ccccc1)C(=O)NC[C@H](OC(=O)[C@@H](CC=C)NC(=O)OCc1ccccc1)c1ccccc1. The number of ether oxygens (including phenoxy) is 2. The van der Waals surface area contributed by atoms with Crippen molar-refractivity contribution in [2.24, 2.45) is 5.92 Å². The number of benzene rings is 3.